The lowest BCUT2D eigenvalue weighted by atomic mass is 10.0. The summed E-state index contributed by atoms with van der Waals surface area (Å²) in [6, 6.07) is 2.73. The van der Waals surface area contributed by atoms with Crippen molar-refractivity contribution in [1.82, 2.24) is 9.71 Å². The largest absolute Gasteiger partial charge is 0.480 e. The van der Waals surface area contributed by atoms with Gasteiger partial charge in [-0.05, 0) is 25.0 Å². The van der Waals surface area contributed by atoms with Crippen LogP contribution >= 0.6 is 11.6 Å². The molecule has 1 aromatic rings. The molecule has 0 radical (unpaired) electrons. The van der Waals surface area contributed by atoms with Crippen molar-refractivity contribution in [3.05, 3.63) is 23.5 Å². The molecule has 0 amide bonds. The molecule has 1 aliphatic rings. The van der Waals surface area contributed by atoms with Crippen molar-refractivity contribution in [3.8, 4) is 0 Å². The van der Waals surface area contributed by atoms with Gasteiger partial charge in [0.1, 0.15) is 15.6 Å². The smallest absolute Gasteiger partial charge is 0.324 e. The third kappa shape index (κ3) is 2.72. The number of aliphatic carboxylic acids is 1. The van der Waals surface area contributed by atoms with Crippen molar-refractivity contribution in [1.29, 1.82) is 0 Å². The molecule has 2 N–H and O–H groups in total. The van der Waals surface area contributed by atoms with Gasteiger partial charge in [0, 0.05) is 6.20 Å². The van der Waals surface area contributed by atoms with E-state index in [1.807, 2.05) is 0 Å². The molecule has 0 atom stereocenters. The second kappa shape index (κ2) is 5.07. The molecule has 1 fully saturated rings. The predicted molar refractivity (Wildman–Crippen MR) is 68.4 cm³/mol. The van der Waals surface area contributed by atoms with Crippen molar-refractivity contribution in [2.75, 3.05) is 0 Å². The topological polar surface area (TPSA) is 96.4 Å². The molecule has 1 aromatic heterocycles. The van der Waals surface area contributed by atoms with Crippen LogP contribution in [0.1, 0.15) is 25.7 Å². The summed E-state index contributed by atoms with van der Waals surface area (Å²) in [7, 11) is -4.00. The minimum Gasteiger partial charge on any atom is -0.480 e. The minimum absolute atomic E-state index is 0.173. The Balaban J connectivity index is 2.36. The van der Waals surface area contributed by atoms with Gasteiger partial charge in [0.2, 0.25) is 10.0 Å². The van der Waals surface area contributed by atoms with E-state index in [0.717, 1.165) is 0 Å². The van der Waals surface area contributed by atoms with Gasteiger partial charge in [0.25, 0.3) is 0 Å². The fraction of sp³-hybridized carbons (Fsp3) is 0.455. The number of nitrogens with one attached hydrogen (secondary N) is 1. The zero-order valence-electron chi connectivity index (χ0n) is 9.97. The molecule has 8 heteroatoms. The first kappa shape index (κ1) is 14.2. The van der Waals surface area contributed by atoms with E-state index in [1.54, 1.807) is 0 Å². The molecular formula is C11H13ClN2O4S. The molecule has 2 rings (SSSR count). The fourth-order valence-corrected chi connectivity index (χ4v) is 4.09. The van der Waals surface area contributed by atoms with Crippen LogP contribution in [0.25, 0.3) is 0 Å². The quantitative estimate of drug-likeness (QED) is 0.820. The van der Waals surface area contributed by atoms with Crippen LogP contribution in [0.4, 0.5) is 0 Å². The summed E-state index contributed by atoms with van der Waals surface area (Å²) < 4.78 is 26.7. The van der Waals surface area contributed by atoms with E-state index in [-0.39, 0.29) is 22.9 Å². The van der Waals surface area contributed by atoms with Gasteiger partial charge in [-0.2, -0.15) is 4.72 Å². The summed E-state index contributed by atoms with van der Waals surface area (Å²) in [5.74, 6) is -1.16. The van der Waals surface area contributed by atoms with E-state index in [4.69, 9.17) is 11.6 Å². The number of pyridine rings is 1. The zero-order chi connectivity index (χ0) is 14.1. The molecule has 0 aliphatic heterocycles. The highest BCUT2D eigenvalue weighted by atomic mass is 35.5. The van der Waals surface area contributed by atoms with E-state index in [2.05, 4.69) is 9.71 Å². The second-order valence-electron chi connectivity index (χ2n) is 4.49. The summed E-state index contributed by atoms with van der Waals surface area (Å²) >= 11 is 5.74. The third-order valence-corrected chi connectivity index (χ3v) is 5.19. The van der Waals surface area contributed by atoms with Crippen LogP contribution in [0.2, 0.25) is 5.15 Å². The summed E-state index contributed by atoms with van der Waals surface area (Å²) in [5.41, 5.74) is -1.43. The molecule has 1 heterocycles. The van der Waals surface area contributed by atoms with Crippen molar-refractivity contribution < 1.29 is 18.3 Å². The summed E-state index contributed by atoms with van der Waals surface area (Å²) in [6.07, 6.45) is 3.27. The van der Waals surface area contributed by atoms with Gasteiger partial charge in [0.05, 0.1) is 0 Å². The second-order valence-corrected chi connectivity index (χ2v) is 6.50. The maximum absolute atomic E-state index is 12.2. The summed E-state index contributed by atoms with van der Waals surface area (Å²) in [4.78, 5) is 14.8. The monoisotopic (exact) mass is 304 g/mol. The zero-order valence-corrected chi connectivity index (χ0v) is 11.5. The Bertz CT molecular complexity index is 596. The van der Waals surface area contributed by atoms with E-state index < -0.39 is 21.5 Å². The Morgan fingerprint density at radius 2 is 2.05 bits per heavy atom. The molecule has 104 valence electrons. The van der Waals surface area contributed by atoms with Crippen LogP contribution in [0.5, 0.6) is 0 Å². The van der Waals surface area contributed by atoms with Crippen LogP contribution in [0.15, 0.2) is 23.2 Å². The van der Waals surface area contributed by atoms with E-state index in [1.165, 1.54) is 18.3 Å². The average molecular weight is 305 g/mol. The number of sulfonamides is 1. The van der Waals surface area contributed by atoms with Crippen molar-refractivity contribution in [2.24, 2.45) is 0 Å². The number of hydrogen-bond acceptors (Lipinski definition) is 4. The molecule has 0 saturated heterocycles. The van der Waals surface area contributed by atoms with Crippen LogP contribution in [0.3, 0.4) is 0 Å². The number of carbonyl (C=O) groups is 1. The standard InChI is InChI=1S/C11H13ClN2O4S/c12-9-8(4-3-7-13-9)19(17,18)14-11(10(15)16)5-1-2-6-11/h3-4,7,14H,1-2,5-6H2,(H,15,16). The molecule has 1 saturated carbocycles. The van der Waals surface area contributed by atoms with Gasteiger partial charge >= 0.3 is 5.97 Å². The number of halogens is 1. The Morgan fingerprint density at radius 1 is 1.42 bits per heavy atom. The minimum atomic E-state index is -4.00. The van der Waals surface area contributed by atoms with Crippen LogP contribution < -0.4 is 4.72 Å². The lowest BCUT2D eigenvalue weighted by Crippen LogP contribution is -2.52. The predicted octanol–water partition coefficient (Wildman–Crippen LogP) is 1.41. The van der Waals surface area contributed by atoms with Crippen LogP contribution in [0, 0.1) is 0 Å². The lowest BCUT2D eigenvalue weighted by molar-refractivity contribution is -0.143. The number of aromatic nitrogens is 1. The number of hydrogen-bond donors (Lipinski definition) is 2. The van der Waals surface area contributed by atoms with Crippen LogP contribution in [-0.4, -0.2) is 30.0 Å². The maximum atomic E-state index is 12.2. The van der Waals surface area contributed by atoms with Crippen molar-refractivity contribution in [2.45, 2.75) is 36.1 Å². The molecule has 0 spiro atoms. The molecule has 6 nitrogen and oxygen atoms in total. The van der Waals surface area contributed by atoms with Crippen LogP contribution in [-0.2, 0) is 14.8 Å². The molecule has 0 unspecified atom stereocenters. The molecular weight excluding hydrogens is 292 g/mol. The van der Waals surface area contributed by atoms with Crippen molar-refractivity contribution >= 4 is 27.6 Å². The Morgan fingerprint density at radius 3 is 2.58 bits per heavy atom. The van der Waals surface area contributed by atoms with E-state index >= 15 is 0 Å². The fourth-order valence-electron chi connectivity index (χ4n) is 2.22. The number of carboxylic acids is 1. The number of rotatable bonds is 4. The average Bonchev–Trinajstić information content (AvgIpc) is 2.78. The first-order valence-corrected chi connectivity index (χ1v) is 7.61. The SMILES string of the molecule is O=C(O)C1(NS(=O)(=O)c2cccnc2Cl)CCCC1. The number of nitrogens with zero attached hydrogens (tertiary/aromatic N) is 1. The summed E-state index contributed by atoms with van der Waals surface area (Å²) in [6.45, 7) is 0. The third-order valence-electron chi connectivity index (χ3n) is 3.21. The number of carboxylic acid groups (broad SMARTS) is 1. The maximum Gasteiger partial charge on any atom is 0.324 e. The van der Waals surface area contributed by atoms with Gasteiger partial charge in [-0.3, -0.25) is 4.79 Å². The van der Waals surface area contributed by atoms with Gasteiger partial charge in [-0.25, -0.2) is 13.4 Å². The highest BCUT2D eigenvalue weighted by molar-refractivity contribution is 7.89. The van der Waals surface area contributed by atoms with Gasteiger partial charge in [-0.15, -0.1) is 0 Å². The first-order chi connectivity index (χ1) is 8.87. The molecule has 19 heavy (non-hydrogen) atoms. The Hall–Kier alpha value is -1.18. The normalized spacial score (nSPS) is 18.4. The lowest BCUT2D eigenvalue weighted by Gasteiger charge is -2.25. The highest BCUT2D eigenvalue weighted by Crippen LogP contribution is 2.32. The summed E-state index contributed by atoms with van der Waals surface area (Å²) in [5, 5.41) is 9.10. The van der Waals surface area contributed by atoms with Gasteiger partial charge < -0.3 is 5.11 Å². The first-order valence-electron chi connectivity index (χ1n) is 5.75. The molecule has 0 aromatic carbocycles. The van der Waals surface area contributed by atoms with Crippen molar-refractivity contribution in [3.63, 3.8) is 0 Å². The highest BCUT2D eigenvalue weighted by Gasteiger charge is 2.45. The Labute approximate surface area is 115 Å². The van der Waals surface area contributed by atoms with E-state index in [9.17, 15) is 18.3 Å². The molecule has 0 bridgehead atoms. The molecule has 1 aliphatic carbocycles. The Kier molecular flexibility index (Phi) is 3.80. The van der Waals surface area contributed by atoms with Gasteiger partial charge in [0.15, 0.2) is 0 Å². The van der Waals surface area contributed by atoms with Gasteiger partial charge in [-0.1, -0.05) is 24.4 Å². The van der Waals surface area contributed by atoms with E-state index in [0.29, 0.717) is 12.8 Å².